The molecule has 30 heavy (non-hydrogen) atoms. The third-order valence-electron chi connectivity index (χ3n) is 4.13. The Morgan fingerprint density at radius 3 is 2.37 bits per heavy atom. The third kappa shape index (κ3) is 5.68. The number of phenolic OH excluding ortho intramolecular Hbond substituents is 1. The maximum absolute atomic E-state index is 12.5. The minimum atomic E-state index is -0.483. The van der Waals surface area contributed by atoms with Gasteiger partial charge in [0.2, 0.25) is 0 Å². The normalized spacial score (nSPS) is 10.1. The van der Waals surface area contributed by atoms with Crippen molar-refractivity contribution in [2.45, 2.75) is 0 Å². The summed E-state index contributed by atoms with van der Waals surface area (Å²) in [5.41, 5.74) is 1.14. The van der Waals surface area contributed by atoms with Gasteiger partial charge in [-0.2, -0.15) is 0 Å². The van der Waals surface area contributed by atoms with Gasteiger partial charge in [-0.3, -0.25) is 14.4 Å². The molecule has 0 bridgehead atoms. The van der Waals surface area contributed by atoms with E-state index in [0.717, 1.165) is 0 Å². The van der Waals surface area contributed by atoms with Crippen LogP contribution in [0, 0.1) is 0 Å². The highest BCUT2D eigenvalue weighted by Gasteiger charge is 2.15. The first kappa shape index (κ1) is 20.6. The zero-order valence-electron chi connectivity index (χ0n) is 16.0. The molecule has 0 unspecified atom stereocenters. The molecule has 0 fully saturated rings. The maximum atomic E-state index is 12.5. The largest absolute Gasteiger partial charge is 0.508 e. The van der Waals surface area contributed by atoms with Crippen molar-refractivity contribution in [2.75, 3.05) is 18.5 Å². The Bertz CT molecular complexity index is 1050. The van der Waals surface area contributed by atoms with Crippen LogP contribution >= 0.6 is 0 Å². The minimum absolute atomic E-state index is 0.0285. The Morgan fingerprint density at radius 2 is 1.60 bits per heavy atom. The molecule has 0 aliphatic carbocycles. The number of rotatable bonds is 8. The average molecular weight is 404 g/mol. The molecule has 0 saturated heterocycles. The summed E-state index contributed by atoms with van der Waals surface area (Å²) in [7, 11) is 0. The molecule has 152 valence electrons. The molecule has 0 atom stereocenters. The van der Waals surface area contributed by atoms with Crippen LogP contribution in [0.5, 0.6) is 11.5 Å². The summed E-state index contributed by atoms with van der Waals surface area (Å²) in [6.45, 7) is -0.488. The first-order chi connectivity index (χ1) is 14.5. The molecule has 7 heteroatoms. The number of anilines is 1. The molecule has 3 N–H and O–H groups in total. The molecular formula is C23H20N2O5. The van der Waals surface area contributed by atoms with Crippen LogP contribution in [0.4, 0.5) is 5.69 Å². The number of benzene rings is 3. The molecule has 0 radical (unpaired) electrons. The summed E-state index contributed by atoms with van der Waals surface area (Å²) in [6, 6.07) is 21.2. The molecule has 2 amide bonds. The van der Waals surface area contributed by atoms with Crippen molar-refractivity contribution >= 4 is 23.3 Å². The van der Waals surface area contributed by atoms with E-state index in [9.17, 15) is 19.5 Å². The highest BCUT2D eigenvalue weighted by molar-refractivity contribution is 6.03. The van der Waals surface area contributed by atoms with Crippen molar-refractivity contribution in [3.63, 3.8) is 0 Å². The Balaban J connectivity index is 1.57. The van der Waals surface area contributed by atoms with E-state index in [2.05, 4.69) is 10.6 Å². The number of phenols is 1. The number of ether oxygens (including phenoxy) is 1. The van der Waals surface area contributed by atoms with Crippen LogP contribution in [0.3, 0.4) is 0 Å². The SMILES string of the molecule is O=C(COc1ccccc1C(=O)NCC(=O)c1ccccc1)Nc1cccc(O)c1. The van der Waals surface area contributed by atoms with Crippen LogP contribution in [0.25, 0.3) is 0 Å². The van der Waals surface area contributed by atoms with Crippen molar-refractivity contribution < 1.29 is 24.2 Å². The van der Waals surface area contributed by atoms with Gasteiger partial charge in [-0.05, 0) is 24.3 Å². The van der Waals surface area contributed by atoms with Crippen LogP contribution in [0.1, 0.15) is 20.7 Å². The molecule has 0 aliphatic heterocycles. The molecular weight excluding hydrogens is 384 g/mol. The van der Waals surface area contributed by atoms with Gasteiger partial charge in [0.1, 0.15) is 11.5 Å². The Kier molecular flexibility index (Phi) is 6.78. The summed E-state index contributed by atoms with van der Waals surface area (Å²) >= 11 is 0. The summed E-state index contributed by atoms with van der Waals surface area (Å²) in [5.74, 6) is -0.903. The summed E-state index contributed by atoms with van der Waals surface area (Å²) in [4.78, 5) is 36.8. The second-order valence-corrected chi connectivity index (χ2v) is 6.36. The monoisotopic (exact) mass is 404 g/mol. The van der Waals surface area contributed by atoms with Gasteiger partial charge in [-0.1, -0.05) is 48.5 Å². The van der Waals surface area contributed by atoms with Crippen LogP contribution in [-0.2, 0) is 4.79 Å². The molecule has 0 spiro atoms. The van der Waals surface area contributed by atoms with Crippen LogP contribution in [0.2, 0.25) is 0 Å². The predicted molar refractivity (Wildman–Crippen MR) is 112 cm³/mol. The number of nitrogens with one attached hydrogen (secondary N) is 2. The highest BCUT2D eigenvalue weighted by Crippen LogP contribution is 2.19. The Hall–Kier alpha value is -4.13. The first-order valence-electron chi connectivity index (χ1n) is 9.20. The van der Waals surface area contributed by atoms with E-state index in [1.54, 1.807) is 66.7 Å². The second-order valence-electron chi connectivity index (χ2n) is 6.36. The average Bonchev–Trinajstić information content (AvgIpc) is 2.76. The van der Waals surface area contributed by atoms with Crippen LogP contribution in [0.15, 0.2) is 78.9 Å². The lowest BCUT2D eigenvalue weighted by molar-refractivity contribution is -0.118. The second kappa shape index (κ2) is 9.88. The minimum Gasteiger partial charge on any atom is -0.508 e. The van der Waals surface area contributed by atoms with Gasteiger partial charge in [0.15, 0.2) is 12.4 Å². The fourth-order valence-corrected chi connectivity index (χ4v) is 2.69. The molecule has 0 aliphatic rings. The summed E-state index contributed by atoms with van der Waals surface area (Å²) < 4.78 is 5.49. The fourth-order valence-electron chi connectivity index (χ4n) is 2.69. The molecule has 3 aromatic carbocycles. The number of carbonyl (C=O) groups is 3. The number of carbonyl (C=O) groups excluding carboxylic acids is 3. The molecule has 3 aromatic rings. The maximum Gasteiger partial charge on any atom is 0.262 e. The molecule has 3 rings (SSSR count). The lowest BCUT2D eigenvalue weighted by Gasteiger charge is -2.12. The summed E-state index contributed by atoms with van der Waals surface area (Å²) in [6.07, 6.45) is 0. The van der Waals surface area contributed by atoms with Crippen molar-refractivity contribution in [1.82, 2.24) is 5.32 Å². The first-order valence-corrected chi connectivity index (χ1v) is 9.20. The van der Waals surface area contributed by atoms with Crippen molar-refractivity contribution in [2.24, 2.45) is 0 Å². The van der Waals surface area contributed by atoms with Gasteiger partial charge in [0, 0.05) is 17.3 Å². The number of hydrogen-bond donors (Lipinski definition) is 3. The van der Waals surface area contributed by atoms with E-state index < -0.39 is 11.8 Å². The van der Waals surface area contributed by atoms with Gasteiger partial charge in [-0.15, -0.1) is 0 Å². The fraction of sp³-hybridized carbons (Fsp3) is 0.0870. The van der Waals surface area contributed by atoms with E-state index in [0.29, 0.717) is 11.3 Å². The quantitative estimate of drug-likeness (QED) is 0.501. The molecule has 0 saturated carbocycles. The number of para-hydroxylation sites is 1. The number of aromatic hydroxyl groups is 1. The van der Waals surface area contributed by atoms with E-state index in [1.165, 1.54) is 12.1 Å². The lowest BCUT2D eigenvalue weighted by atomic mass is 10.1. The van der Waals surface area contributed by atoms with Crippen molar-refractivity contribution in [3.8, 4) is 11.5 Å². The van der Waals surface area contributed by atoms with E-state index in [4.69, 9.17) is 4.74 Å². The van der Waals surface area contributed by atoms with E-state index in [-0.39, 0.29) is 36.0 Å². The van der Waals surface area contributed by atoms with E-state index >= 15 is 0 Å². The summed E-state index contributed by atoms with van der Waals surface area (Å²) in [5, 5.41) is 14.6. The topological polar surface area (TPSA) is 105 Å². The zero-order chi connectivity index (χ0) is 21.3. The molecule has 0 aromatic heterocycles. The van der Waals surface area contributed by atoms with Crippen LogP contribution in [-0.4, -0.2) is 35.9 Å². The number of amides is 2. The number of hydrogen-bond acceptors (Lipinski definition) is 5. The van der Waals surface area contributed by atoms with Gasteiger partial charge in [0.05, 0.1) is 12.1 Å². The smallest absolute Gasteiger partial charge is 0.262 e. The number of ketones is 1. The van der Waals surface area contributed by atoms with Crippen molar-refractivity contribution in [3.05, 3.63) is 90.0 Å². The van der Waals surface area contributed by atoms with Crippen molar-refractivity contribution in [1.29, 1.82) is 0 Å². The standard InChI is InChI=1S/C23H20N2O5/c26-18-10-6-9-17(13-18)25-22(28)15-30-21-12-5-4-11-19(21)23(29)24-14-20(27)16-7-2-1-3-8-16/h1-13,26H,14-15H2,(H,24,29)(H,25,28). The predicted octanol–water partition coefficient (Wildman–Crippen LogP) is 3.02. The van der Waals surface area contributed by atoms with E-state index in [1.807, 2.05) is 0 Å². The highest BCUT2D eigenvalue weighted by atomic mass is 16.5. The zero-order valence-corrected chi connectivity index (χ0v) is 16.0. The molecule has 7 nitrogen and oxygen atoms in total. The van der Waals surface area contributed by atoms with Gasteiger partial charge in [-0.25, -0.2) is 0 Å². The van der Waals surface area contributed by atoms with Gasteiger partial charge >= 0.3 is 0 Å². The van der Waals surface area contributed by atoms with Gasteiger partial charge < -0.3 is 20.5 Å². The Morgan fingerprint density at radius 1 is 0.867 bits per heavy atom. The van der Waals surface area contributed by atoms with Crippen LogP contribution < -0.4 is 15.4 Å². The van der Waals surface area contributed by atoms with Gasteiger partial charge in [0.25, 0.3) is 11.8 Å². The Labute approximate surface area is 173 Å². The third-order valence-corrected chi connectivity index (χ3v) is 4.13. The number of Topliss-reactive ketones (excluding diaryl/α,β-unsaturated/α-hetero) is 1. The lowest BCUT2D eigenvalue weighted by Crippen LogP contribution is -2.30. The molecule has 0 heterocycles.